The van der Waals surface area contributed by atoms with E-state index in [0.717, 1.165) is 43.3 Å². The van der Waals surface area contributed by atoms with Gasteiger partial charge in [0, 0.05) is 30.7 Å². The van der Waals surface area contributed by atoms with Crippen molar-refractivity contribution in [2.75, 3.05) is 23.9 Å². The molecule has 0 spiro atoms. The predicted octanol–water partition coefficient (Wildman–Crippen LogP) is 2.88. The van der Waals surface area contributed by atoms with Crippen LogP contribution in [0.5, 0.6) is 0 Å². The van der Waals surface area contributed by atoms with Crippen molar-refractivity contribution in [2.24, 2.45) is 5.92 Å². The second kappa shape index (κ2) is 6.20. The smallest absolute Gasteiger partial charge is 0.132 e. The third-order valence-electron chi connectivity index (χ3n) is 3.28. The van der Waals surface area contributed by atoms with Crippen molar-refractivity contribution in [3.8, 4) is 0 Å². The highest BCUT2D eigenvalue weighted by Crippen LogP contribution is 2.22. The molecule has 1 aliphatic rings. The highest BCUT2D eigenvalue weighted by atomic mass is 35.5. The quantitative estimate of drug-likeness (QED) is 0.773. The Balaban J connectivity index is 2.07. The fourth-order valence-electron chi connectivity index (χ4n) is 2.35. The summed E-state index contributed by atoms with van der Waals surface area (Å²) in [6.07, 6.45) is 6.30. The largest absolute Gasteiger partial charge is 0.356 e. The number of nitrogens with zero attached hydrogens (tertiary/aromatic N) is 3. The van der Waals surface area contributed by atoms with Crippen molar-refractivity contribution in [3.63, 3.8) is 0 Å². The first-order chi connectivity index (χ1) is 8.33. The number of hydrogen-bond acceptors (Lipinski definition) is 3. The van der Waals surface area contributed by atoms with Crippen LogP contribution >= 0.6 is 11.6 Å². The molecule has 1 atom stereocenters. The Hall–Kier alpha value is -0.830. The minimum absolute atomic E-state index is 0.606. The van der Waals surface area contributed by atoms with E-state index in [1.807, 2.05) is 0 Å². The fourth-order valence-corrected chi connectivity index (χ4v) is 2.60. The van der Waals surface area contributed by atoms with Crippen molar-refractivity contribution in [1.29, 1.82) is 0 Å². The third-order valence-corrected chi connectivity index (χ3v) is 3.71. The van der Waals surface area contributed by atoms with Crippen LogP contribution in [0.1, 0.15) is 31.9 Å². The highest BCUT2D eigenvalue weighted by Gasteiger charge is 2.20. The maximum atomic E-state index is 5.95. The molecule has 0 aromatic carbocycles. The second-order valence-corrected chi connectivity index (χ2v) is 5.03. The molecule has 0 N–H and O–H groups in total. The van der Waals surface area contributed by atoms with E-state index >= 15 is 0 Å². The molecule has 0 bridgehead atoms. The monoisotopic (exact) mass is 253 g/mol. The van der Waals surface area contributed by atoms with Gasteiger partial charge in [0.05, 0.1) is 0 Å². The molecule has 17 heavy (non-hydrogen) atoms. The maximum Gasteiger partial charge on any atom is 0.132 e. The second-order valence-electron chi connectivity index (χ2n) is 4.73. The van der Waals surface area contributed by atoms with Gasteiger partial charge in [0.2, 0.25) is 0 Å². The first kappa shape index (κ1) is 12.6. The van der Waals surface area contributed by atoms with Crippen LogP contribution in [0.3, 0.4) is 0 Å². The zero-order valence-corrected chi connectivity index (χ0v) is 11.2. The van der Waals surface area contributed by atoms with Gasteiger partial charge in [-0.2, -0.15) is 0 Å². The standard InChI is InChI=1S/C13H20ClN3/c1-2-4-12-7-13(16-10-15-12)17-6-3-5-11(8-14)9-17/h7,10-11H,2-6,8-9H2,1H3. The molecule has 0 aliphatic carbocycles. The molecule has 1 aliphatic heterocycles. The summed E-state index contributed by atoms with van der Waals surface area (Å²) in [5.41, 5.74) is 1.14. The zero-order chi connectivity index (χ0) is 12.1. The fraction of sp³-hybridized carbons (Fsp3) is 0.692. The summed E-state index contributed by atoms with van der Waals surface area (Å²) in [6.45, 7) is 4.30. The van der Waals surface area contributed by atoms with Crippen LogP contribution < -0.4 is 4.90 Å². The lowest BCUT2D eigenvalue weighted by Gasteiger charge is -2.32. The molecule has 0 saturated carbocycles. The van der Waals surface area contributed by atoms with Crippen molar-refractivity contribution in [2.45, 2.75) is 32.6 Å². The van der Waals surface area contributed by atoms with Crippen LogP contribution in [0.25, 0.3) is 0 Å². The van der Waals surface area contributed by atoms with E-state index in [1.165, 1.54) is 12.8 Å². The Kier molecular flexibility index (Phi) is 4.60. The van der Waals surface area contributed by atoms with Gasteiger partial charge < -0.3 is 4.90 Å². The number of aryl methyl sites for hydroxylation is 1. The highest BCUT2D eigenvalue weighted by molar-refractivity contribution is 6.18. The number of alkyl halides is 1. The summed E-state index contributed by atoms with van der Waals surface area (Å²) in [4.78, 5) is 11.0. The average molecular weight is 254 g/mol. The molecular weight excluding hydrogens is 234 g/mol. The van der Waals surface area contributed by atoms with Gasteiger partial charge >= 0.3 is 0 Å². The van der Waals surface area contributed by atoms with E-state index in [1.54, 1.807) is 6.33 Å². The van der Waals surface area contributed by atoms with Gasteiger partial charge in [0.15, 0.2) is 0 Å². The van der Waals surface area contributed by atoms with Gasteiger partial charge in [-0.15, -0.1) is 11.6 Å². The molecule has 3 nitrogen and oxygen atoms in total. The maximum absolute atomic E-state index is 5.95. The van der Waals surface area contributed by atoms with Crippen molar-refractivity contribution >= 4 is 17.4 Å². The minimum atomic E-state index is 0.606. The molecular formula is C13H20ClN3. The number of rotatable bonds is 4. The Morgan fingerprint density at radius 3 is 3.12 bits per heavy atom. The Morgan fingerprint density at radius 1 is 1.47 bits per heavy atom. The van der Waals surface area contributed by atoms with E-state index in [2.05, 4.69) is 27.9 Å². The number of halogens is 1. The minimum Gasteiger partial charge on any atom is -0.356 e. The summed E-state index contributed by atoms with van der Waals surface area (Å²) in [7, 11) is 0. The van der Waals surface area contributed by atoms with E-state index < -0.39 is 0 Å². The molecule has 1 aromatic rings. The van der Waals surface area contributed by atoms with Crippen LogP contribution in [0.15, 0.2) is 12.4 Å². The molecule has 1 fully saturated rings. The van der Waals surface area contributed by atoms with E-state index in [4.69, 9.17) is 11.6 Å². The molecule has 4 heteroatoms. The lowest BCUT2D eigenvalue weighted by molar-refractivity contribution is 0.448. The third kappa shape index (κ3) is 3.32. The molecule has 1 unspecified atom stereocenters. The van der Waals surface area contributed by atoms with E-state index in [9.17, 15) is 0 Å². The van der Waals surface area contributed by atoms with Crippen LogP contribution in [-0.4, -0.2) is 28.9 Å². The Labute approximate surface area is 108 Å². The van der Waals surface area contributed by atoms with E-state index in [0.29, 0.717) is 5.92 Å². The van der Waals surface area contributed by atoms with Crippen LogP contribution in [0.2, 0.25) is 0 Å². The average Bonchev–Trinajstić information content (AvgIpc) is 2.40. The normalized spacial score (nSPS) is 20.6. The molecule has 0 amide bonds. The number of anilines is 1. The lowest BCUT2D eigenvalue weighted by atomic mass is 10.00. The molecule has 0 radical (unpaired) electrons. The Bertz CT molecular complexity index is 356. The van der Waals surface area contributed by atoms with Gasteiger partial charge in [-0.05, 0) is 25.2 Å². The van der Waals surface area contributed by atoms with Gasteiger partial charge in [-0.1, -0.05) is 13.3 Å². The molecule has 1 aromatic heterocycles. The van der Waals surface area contributed by atoms with Gasteiger partial charge in [-0.3, -0.25) is 0 Å². The SMILES string of the molecule is CCCc1cc(N2CCCC(CCl)C2)ncn1. The van der Waals surface area contributed by atoms with Gasteiger partial charge in [0.25, 0.3) is 0 Å². The molecule has 1 saturated heterocycles. The Morgan fingerprint density at radius 2 is 2.35 bits per heavy atom. The van der Waals surface area contributed by atoms with E-state index in [-0.39, 0.29) is 0 Å². The first-order valence-electron chi connectivity index (χ1n) is 6.45. The molecule has 2 rings (SSSR count). The number of hydrogen-bond donors (Lipinski definition) is 0. The topological polar surface area (TPSA) is 29.0 Å². The summed E-state index contributed by atoms with van der Waals surface area (Å²) in [5, 5.41) is 0. The number of aromatic nitrogens is 2. The summed E-state index contributed by atoms with van der Waals surface area (Å²) < 4.78 is 0. The lowest BCUT2D eigenvalue weighted by Crippen LogP contribution is -2.36. The van der Waals surface area contributed by atoms with Crippen LogP contribution in [-0.2, 0) is 6.42 Å². The first-order valence-corrected chi connectivity index (χ1v) is 6.98. The van der Waals surface area contributed by atoms with Gasteiger partial charge in [-0.25, -0.2) is 9.97 Å². The van der Waals surface area contributed by atoms with Crippen LogP contribution in [0, 0.1) is 5.92 Å². The predicted molar refractivity (Wildman–Crippen MR) is 71.7 cm³/mol. The van der Waals surface area contributed by atoms with Crippen LogP contribution in [0.4, 0.5) is 5.82 Å². The summed E-state index contributed by atoms with van der Waals surface area (Å²) in [6, 6.07) is 2.13. The van der Waals surface area contributed by atoms with Crippen molar-refractivity contribution in [1.82, 2.24) is 9.97 Å². The zero-order valence-electron chi connectivity index (χ0n) is 10.4. The molecule has 2 heterocycles. The van der Waals surface area contributed by atoms with Crippen molar-refractivity contribution < 1.29 is 0 Å². The number of piperidine rings is 1. The summed E-state index contributed by atoms with van der Waals surface area (Å²) in [5.74, 6) is 2.43. The summed E-state index contributed by atoms with van der Waals surface area (Å²) >= 11 is 5.95. The molecule has 94 valence electrons. The van der Waals surface area contributed by atoms with Crippen molar-refractivity contribution in [3.05, 3.63) is 18.1 Å². The van der Waals surface area contributed by atoms with Gasteiger partial charge in [0.1, 0.15) is 12.1 Å².